The maximum Gasteiger partial charge on any atom is 0.338 e. The Labute approximate surface area is 114 Å². The number of methoxy groups -OCH3 is 1. The normalized spacial score (nSPS) is 9.45. The number of aromatic nitrogens is 4. The van der Waals surface area contributed by atoms with E-state index in [2.05, 4.69) is 25.1 Å². The number of nitrogens with one attached hydrogen (secondary N) is 1. The summed E-state index contributed by atoms with van der Waals surface area (Å²) >= 11 is 0. The van der Waals surface area contributed by atoms with Crippen molar-refractivity contribution in [3.63, 3.8) is 0 Å². The first kappa shape index (κ1) is 13.5. The summed E-state index contributed by atoms with van der Waals surface area (Å²) in [7, 11) is 1.34. The van der Waals surface area contributed by atoms with E-state index in [0.29, 0.717) is 17.0 Å². The topological polar surface area (TPSA) is 93.9 Å². The predicted octanol–water partition coefficient (Wildman–Crippen LogP) is 1.93. The lowest BCUT2D eigenvalue weighted by Crippen LogP contribution is -2.03. The van der Waals surface area contributed by atoms with Crippen LogP contribution in [0.2, 0.25) is 0 Å². The fourth-order valence-electron chi connectivity index (χ4n) is 1.48. The summed E-state index contributed by atoms with van der Waals surface area (Å²) < 4.78 is 9.80. The first-order valence-electron chi connectivity index (χ1n) is 5.70. The van der Waals surface area contributed by atoms with Crippen LogP contribution in [0, 0.1) is 0 Å². The molecule has 0 saturated carbocycles. The van der Waals surface area contributed by atoms with Gasteiger partial charge in [-0.3, -0.25) is 0 Å². The van der Waals surface area contributed by atoms with Crippen LogP contribution in [0.15, 0.2) is 53.5 Å². The number of esters is 1. The summed E-state index contributed by atoms with van der Waals surface area (Å²) in [6.45, 7) is 0. The van der Waals surface area contributed by atoms with Gasteiger partial charge in [-0.1, -0.05) is 12.1 Å². The third kappa shape index (κ3) is 3.29. The van der Waals surface area contributed by atoms with Crippen LogP contribution >= 0.6 is 0 Å². The van der Waals surface area contributed by atoms with Gasteiger partial charge in [0.25, 0.3) is 0 Å². The molecule has 0 amide bonds. The number of H-pyrrole nitrogens is 1. The molecule has 0 saturated heterocycles. The molecule has 2 heterocycles. The van der Waals surface area contributed by atoms with Crippen LogP contribution < -0.4 is 0 Å². The zero-order valence-corrected chi connectivity index (χ0v) is 10.7. The highest BCUT2D eigenvalue weighted by atomic mass is 16.5. The highest BCUT2D eigenvalue weighted by molar-refractivity contribution is 5.95. The molecule has 0 bridgehead atoms. The molecular formula is C13H12N4O3. The second kappa shape index (κ2) is 6.83. The molecule has 20 heavy (non-hydrogen) atoms. The maximum absolute atomic E-state index is 11.4. The zero-order chi connectivity index (χ0) is 14.2. The van der Waals surface area contributed by atoms with Crippen LogP contribution in [0.5, 0.6) is 0 Å². The number of ether oxygens (including phenoxy) is 1. The second-order valence-electron chi connectivity index (χ2n) is 3.53. The Morgan fingerprint density at radius 3 is 2.50 bits per heavy atom. The summed E-state index contributed by atoms with van der Waals surface area (Å²) in [5.41, 5.74) is 1.08. The van der Waals surface area contributed by atoms with Gasteiger partial charge >= 0.3 is 5.97 Å². The third-order valence-electron chi connectivity index (χ3n) is 2.33. The van der Waals surface area contributed by atoms with E-state index in [0.717, 1.165) is 0 Å². The predicted molar refractivity (Wildman–Crippen MR) is 69.7 cm³/mol. The number of nitrogens with zero attached hydrogens (tertiary/aromatic N) is 3. The van der Waals surface area contributed by atoms with Gasteiger partial charge in [-0.2, -0.15) is 15.4 Å². The Hall–Kier alpha value is -2.96. The number of carbonyl (C=O) groups excluding carboxylic acids is 1. The Bertz CT molecular complexity index is 618. The van der Waals surface area contributed by atoms with Crippen molar-refractivity contribution in [2.45, 2.75) is 0 Å². The van der Waals surface area contributed by atoms with Gasteiger partial charge in [0.1, 0.15) is 6.26 Å². The number of oxazole rings is 1. The van der Waals surface area contributed by atoms with Crippen LogP contribution in [0.25, 0.3) is 11.5 Å². The van der Waals surface area contributed by atoms with Crippen LogP contribution in [-0.4, -0.2) is 33.5 Å². The molecule has 0 radical (unpaired) electrons. The van der Waals surface area contributed by atoms with Crippen molar-refractivity contribution in [3.8, 4) is 11.5 Å². The van der Waals surface area contributed by atoms with Gasteiger partial charge in [0.15, 0.2) is 0 Å². The molecule has 0 aliphatic heterocycles. The molecule has 7 heteroatoms. The fraction of sp³-hybridized carbons (Fsp3) is 0.0769. The van der Waals surface area contributed by atoms with E-state index in [1.54, 1.807) is 30.6 Å². The molecule has 0 unspecified atom stereocenters. The van der Waals surface area contributed by atoms with E-state index in [1.165, 1.54) is 19.6 Å². The molecule has 1 aromatic carbocycles. The number of carbonyl (C=O) groups is 1. The monoisotopic (exact) mass is 272 g/mol. The number of hydrogen-bond donors (Lipinski definition) is 1. The summed E-state index contributed by atoms with van der Waals surface area (Å²) in [4.78, 5) is 15.4. The van der Waals surface area contributed by atoms with E-state index < -0.39 is 5.97 Å². The molecule has 2 aromatic heterocycles. The van der Waals surface area contributed by atoms with Crippen molar-refractivity contribution in [1.82, 2.24) is 20.4 Å². The van der Waals surface area contributed by atoms with Crippen LogP contribution in [0.4, 0.5) is 0 Å². The Morgan fingerprint density at radius 2 is 1.95 bits per heavy atom. The lowest BCUT2D eigenvalue weighted by molar-refractivity contribution is 0.0601. The third-order valence-corrected chi connectivity index (χ3v) is 2.33. The Kier molecular flexibility index (Phi) is 4.60. The number of aromatic amines is 1. The van der Waals surface area contributed by atoms with Gasteiger partial charge in [0.2, 0.25) is 5.89 Å². The lowest BCUT2D eigenvalue weighted by Gasteiger charge is -2.03. The molecule has 3 rings (SSSR count). The van der Waals surface area contributed by atoms with Gasteiger partial charge in [-0.15, -0.1) is 0 Å². The minimum atomic E-state index is -0.399. The van der Waals surface area contributed by atoms with E-state index in [1.807, 2.05) is 6.07 Å². The van der Waals surface area contributed by atoms with E-state index >= 15 is 0 Å². The molecule has 0 aliphatic carbocycles. The summed E-state index contributed by atoms with van der Waals surface area (Å²) in [6.07, 6.45) is 6.16. The van der Waals surface area contributed by atoms with Gasteiger partial charge < -0.3 is 9.15 Å². The average Bonchev–Trinajstić information content (AvgIpc) is 3.21. The van der Waals surface area contributed by atoms with E-state index in [4.69, 9.17) is 4.42 Å². The SMILES string of the molecule is COC(=O)c1ccccc1-c1ncco1.c1cn[nH]n1. The van der Waals surface area contributed by atoms with Crippen molar-refractivity contribution in [2.24, 2.45) is 0 Å². The first-order valence-corrected chi connectivity index (χ1v) is 5.70. The highest BCUT2D eigenvalue weighted by Crippen LogP contribution is 2.22. The fourth-order valence-corrected chi connectivity index (χ4v) is 1.48. The molecule has 7 nitrogen and oxygen atoms in total. The minimum absolute atomic E-state index is 0.399. The van der Waals surface area contributed by atoms with Crippen molar-refractivity contribution in [1.29, 1.82) is 0 Å². The largest absolute Gasteiger partial charge is 0.465 e. The summed E-state index contributed by atoms with van der Waals surface area (Å²) in [5, 5.41) is 9.33. The molecule has 0 atom stereocenters. The standard InChI is InChI=1S/C11H9NO3.C2H3N3/c1-14-11(13)9-5-3-2-4-8(9)10-12-6-7-15-10;1-2-4-5-3-1/h2-7H,1H3;1-2H,(H,3,4,5). The van der Waals surface area contributed by atoms with Crippen molar-refractivity contribution < 1.29 is 13.9 Å². The van der Waals surface area contributed by atoms with E-state index in [-0.39, 0.29) is 0 Å². The Morgan fingerprint density at radius 1 is 1.20 bits per heavy atom. The van der Waals surface area contributed by atoms with Gasteiger partial charge in [0.05, 0.1) is 36.8 Å². The average molecular weight is 272 g/mol. The summed E-state index contributed by atoms with van der Waals surface area (Å²) in [6, 6.07) is 7.01. The molecule has 1 N–H and O–H groups in total. The second-order valence-corrected chi connectivity index (χ2v) is 3.53. The van der Waals surface area contributed by atoms with Gasteiger partial charge in [-0.25, -0.2) is 9.78 Å². The van der Waals surface area contributed by atoms with E-state index in [9.17, 15) is 4.79 Å². The zero-order valence-electron chi connectivity index (χ0n) is 10.7. The molecule has 0 aliphatic rings. The molecule has 3 aromatic rings. The maximum atomic E-state index is 11.4. The smallest absolute Gasteiger partial charge is 0.338 e. The minimum Gasteiger partial charge on any atom is -0.465 e. The highest BCUT2D eigenvalue weighted by Gasteiger charge is 2.14. The van der Waals surface area contributed by atoms with Crippen LogP contribution in [-0.2, 0) is 4.74 Å². The van der Waals surface area contributed by atoms with Crippen molar-refractivity contribution >= 4 is 5.97 Å². The van der Waals surface area contributed by atoms with Gasteiger partial charge in [-0.05, 0) is 12.1 Å². The molecule has 0 fully saturated rings. The van der Waals surface area contributed by atoms with Crippen molar-refractivity contribution in [3.05, 3.63) is 54.7 Å². The quantitative estimate of drug-likeness (QED) is 0.716. The van der Waals surface area contributed by atoms with Crippen molar-refractivity contribution in [2.75, 3.05) is 7.11 Å². The van der Waals surface area contributed by atoms with Crippen LogP contribution in [0.1, 0.15) is 10.4 Å². The molecule has 102 valence electrons. The number of rotatable bonds is 2. The first-order chi connectivity index (χ1) is 9.83. The lowest BCUT2D eigenvalue weighted by atomic mass is 10.1. The molecular weight excluding hydrogens is 260 g/mol. The number of benzene rings is 1. The summed E-state index contributed by atoms with van der Waals surface area (Å²) in [5.74, 6) is 0.0137. The van der Waals surface area contributed by atoms with Gasteiger partial charge in [0, 0.05) is 0 Å². The Balaban J connectivity index is 0.000000247. The number of hydrogen-bond acceptors (Lipinski definition) is 6. The molecule has 0 spiro atoms. The van der Waals surface area contributed by atoms with Crippen LogP contribution in [0.3, 0.4) is 0 Å².